The molecule has 1 amide bonds. The number of aliphatic hydroxyl groups is 2. The highest BCUT2D eigenvalue weighted by molar-refractivity contribution is 9.10. The van der Waals surface area contributed by atoms with Crippen LogP contribution in [0.1, 0.15) is 32.4 Å². The number of ether oxygens (including phenoxy) is 1. The predicted molar refractivity (Wildman–Crippen MR) is 79.3 cm³/mol. The molecule has 5 nitrogen and oxygen atoms in total. The van der Waals surface area contributed by atoms with Crippen molar-refractivity contribution in [2.75, 3.05) is 6.54 Å². The van der Waals surface area contributed by atoms with E-state index in [0.29, 0.717) is 4.47 Å². The molecule has 2 unspecified atom stereocenters. The summed E-state index contributed by atoms with van der Waals surface area (Å²) in [7, 11) is 0. The van der Waals surface area contributed by atoms with Gasteiger partial charge in [0, 0.05) is 16.6 Å². The second-order valence-electron chi connectivity index (χ2n) is 5.56. The molecule has 0 aliphatic rings. The molecule has 0 spiro atoms. The van der Waals surface area contributed by atoms with E-state index < -0.39 is 29.7 Å². The van der Waals surface area contributed by atoms with E-state index in [9.17, 15) is 19.4 Å². The maximum atomic E-state index is 13.2. The number of rotatable bonds is 4. The normalized spacial score (nSPS) is 14.4. The van der Waals surface area contributed by atoms with E-state index >= 15 is 0 Å². The van der Waals surface area contributed by atoms with E-state index in [4.69, 9.17) is 4.74 Å². The average Bonchev–Trinajstić information content (AvgIpc) is 2.36. The van der Waals surface area contributed by atoms with Crippen LogP contribution in [-0.2, 0) is 4.74 Å². The molecule has 1 aromatic rings. The highest BCUT2D eigenvalue weighted by Gasteiger charge is 2.23. The first-order valence-corrected chi connectivity index (χ1v) is 7.17. The largest absolute Gasteiger partial charge is 0.444 e. The van der Waals surface area contributed by atoms with Crippen LogP contribution in [0.25, 0.3) is 0 Å². The Labute approximate surface area is 131 Å². The van der Waals surface area contributed by atoms with E-state index in [1.807, 2.05) is 0 Å². The number of carbonyl (C=O) groups is 1. The van der Waals surface area contributed by atoms with Crippen molar-refractivity contribution in [1.82, 2.24) is 5.32 Å². The fourth-order valence-corrected chi connectivity index (χ4v) is 2.04. The van der Waals surface area contributed by atoms with Gasteiger partial charge in [-0.1, -0.05) is 15.9 Å². The van der Waals surface area contributed by atoms with Gasteiger partial charge >= 0.3 is 6.09 Å². The van der Waals surface area contributed by atoms with Crippen molar-refractivity contribution in [2.24, 2.45) is 0 Å². The molecule has 7 heteroatoms. The molecule has 118 valence electrons. The second-order valence-corrected chi connectivity index (χ2v) is 6.42. The van der Waals surface area contributed by atoms with Crippen LogP contribution in [0.2, 0.25) is 0 Å². The number of nitrogens with one attached hydrogen (secondary N) is 1. The van der Waals surface area contributed by atoms with E-state index in [1.54, 1.807) is 20.8 Å². The summed E-state index contributed by atoms with van der Waals surface area (Å²) >= 11 is 3.17. The molecule has 2 atom stereocenters. The zero-order chi connectivity index (χ0) is 16.2. The first kappa shape index (κ1) is 17.9. The molecule has 0 aliphatic carbocycles. The summed E-state index contributed by atoms with van der Waals surface area (Å²) in [6, 6.07) is 3.78. The van der Waals surface area contributed by atoms with Gasteiger partial charge in [0.15, 0.2) is 0 Å². The molecule has 0 aliphatic heterocycles. The van der Waals surface area contributed by atoms with Crippen LogP contribution in [0.3, 0.4) is 0 Å². The summed E-state index contributed by atoms with van der Waals surface area (Å²) in [5.74, 6) is -0.528. The van der Waals surface area contributed by atoms with Gasteiger partial charge < -0.3 is 20.3 Å². The van der Waals surface area contributed by atoms with Crippen LogP contribution < -0.4 is 5.32 Å². The van der Waals surface area contributed by atoms with Gasteiger partial charge in [-0.2, -0.15) is 0 Å². The predicted octanol–water partition coefficient (Wildman–Crippen LogP) is 2.51. The van der Waals surface area contributed by atoms with Crippen LogP contribution >= 0.6 is 15.9 Å². The van der Waals surface area contributed by atoms with Crippen molar-refractivity contribution in [1.29, 1.82) is 0 Å². The summed E-state index contributed by atoms with van der Waals surface area (Å²) in [4.78, 5) is 11.4. The van der Waals surface area contributed by atoms with Crippen molar-refractivity contribution >= 4 is 22.0 Å². The summed E-state index contributed by atoms with van der Waals surface area (Å²) in [6.45, 7) is 4.91. The van der Waals surface area contributed by atoms with Crippen molar-refractivity contribution < 1.29 is 24.1 Å². The SMILES string of the molecule is CC(C)(C)OC(=O)NCC(O)C(O)c1cc(F)ccc1Br. The molecule has 3 N–H and O–H groups in total. The Hall–Kier alpha value is -1.18. The summed E-state index contributed by atoms with van der Waals surface area (Å²) in [5, 5.41) is 22.2. The van der Waals surface area contributed by atoms with Gasteiger partial charge in [0.25, 0.3) is 0 Å². The third-order valence-corrected chi connectivity index (χ3v) is 3.22. The van der Waals surface area contributed by atoms with Crippen LogP contribution in [0.15, 0.2) is 22.7 Å². The summed E-state index contributed by atoms with van der Waals surface area (Å²) in [6.07, 6.45) is -3.34. The lowest BCUT2D eigenvalue weighted by atomic mass is 10.0. The zero-order valence-corrected chi connectivity index (χ0v) is 13.6. The molecule has 0 aromatic heterocycles. The van der Waals surface area contributed by atoms with Gasteiger partial charge in [-0.25, -0.2) is 9.18 Å². The smallest absolute Gasteiger partial charge is 0.407 e. The highest BCUT2D eigenvalue weighted by atomic mass is 79.9. The van der Waals surface area contributed by atoms with Crippen LogP contribution in [0, 0.1) is 5.82 Å². The second kappa shape index (κ2) is 7.20. The quantitative estimate of drug-likeness (QED) is 0.767. The maximum absolute atomic E-state index is 13.2. The van der Waals surface area contributed by atoms with Gasteiger partial charge in [0.1, 0.15) is 23.6 Å². The van der Waals surface area contributed by atoms with Crippen molar-refractivity contribution in [3.05, 3.63) is 34.1 Å². The minimum absolute atomic E-state index is 0.202. The first-order valence-electron chi connectivity index (χ1n) is 6.38. The number of amides is 1. The van der Waals surface area contributed by atoms with Crippen LogP contribution in [-0.4, -0.2) is 34.6 Å². The van der Waals surface area contributed by atoms with Gasteiger partial charge in [-0.3, -0.25) is 0 Å². The summed E-state index contributed by atoms with van der Waals surface area (Å²) < 4.78 is 18.6. The van der Waals surface area contributed by atoms with Gasteiger partial charge in [0.05, 0.1) is 0 Å². The molecule has 0 bridgehead atoms. The molecular formula is C14H19BrFNO4. The van der Waals surface area contributed by atoms with Gasteiger partial charge in [-0.15, -0.1) is 0 Å². The third kappa shape index (κ3) is 5.99. The number of hydrogen-bond acceptors (Lipinski definition) is 4. The lowest BCUT2D eigenvalue weighted by Crippen LogP contribution is -2.38. The van der Waals surface area contributed by atoms with E-state index in [0.717, 1.165) is 6.07 Å². The molecule has 0 radical (unpaired) electrons. The number of carbonyl (C=O) groups excluding carboxylic acids is 1. The maximum Gasteiger partial charge on any atom is 0.407 e. The van der Waals surface area contributed by atoms with E-state index in [-0.39, 0.29) is 12.1 Å². The molecule has 1 aromatic carbocycles. The van der Waals surface area contributed by atoms with E-state index in [2.05, 4.69) is 21.2 Å². The Balaban J connectivity index is 2.61. The Morgan fingerprint density at radius 3 is 2.62 bits per heavy atom. The minimum Gasteiger partial charge on any atom is -0.444 e. The molecule has 0 fully saturated rings. The molecule has 0 heterocycles. The number of aliphatic hydroxyl groups excluding tert-OH is 2. The van der Waals surface area contributed by atoms with Crippen molar-refractivity contribution in [3.63, 3.8) is 0 Å². The molecular weight excluding hydrogens is 345 g/mol. The Bertz CT molecular complexity index is 504. The molecule has 0 saturated carbocycles. The fraction of sp³-hybridized carbons (Fsp3) is 0.500. The first-order chi connectivity index (χ1) is 9.60. The zero-order valence-electron chi connectivity index (χ0n) is 12.1. The lowest BCUT2D eigenvalue weighted by molar-refractivity contribution is 0.0124. The average molecular weight is 364 g/mol. The molecule has 0 saturated heterocycles. The van der Waals surface area contributed by atoms with E-state index in [1.165, 1.54) is 12.1 Å². The number of hydrogen-bond donors (Lipinski definition) is 3. The monoisotopic (exact) mass is 363 g/mol. The van der Waals surface area contributed by atoms with Crippen molar-refractivity contribution in [2.45, 2.75) is 38.6 Å². The lowest BCUT2D eigenvalue weighted by Gasteiger charge is -2.22. The third-order valence-electron chi connectivity index (χ3n) is 2.50. The standard InChI is InChI=1S/C14H19BrFNO4/c1-14(2,3)21-13(20)17-7-11(18)12(19)9-6-8(16)4-5-10(9)15/h4-6,11-12,18-19H,7H2,1-3H3,(H,17,20). The number of halogens is 2. The Morgan fingerprint density at radius 2 is 2.05 bits per heavy atom. The molecule has 21 heavy (non-hydrogen) atoms. The topological polar surface area (TPSA) is 78.8 Å². The number of alkyl carbamates (subject to hydrolysis) is 1. The van der Waals surface area contributed by atoms with Crippen LogP contribution in [0.5, 0.6) is 0 Å². The van der Waals surface area contributed by atoms with Gasteiger partial charge in [-0.05, 0) is 39.0 Å². The number of benzene rings is 1. The molecule has 1 rings (SSSR count). The summed E-state index contributed by atoms with van der Waals surface area (Å²) in [5.41, 5.74) is -0.451. The van der Waals surface area contributed by atoms with Crippen LogP contribution in [0.4, 0.5) is 9.18 Å². The van der Waals surface area contributed by atoms with Gasteiger partial charge in [0.2, 0.25) is 0 Å². The Kier molecular flexibility index (Phi) is 6.12. The fourth-order valence-electron chi connectivity index (χ4n) is 1.56. The highest BCUT2D eigenvalue weighted by Crippen LogP contribution is 2.26. The Morgan fingerprint density at radius 1 is 1.43 bits per heavy atom. The van der Waals surface area contributed by atoms with Crippen molar-refractivity contribution in [3.8, 4) is 0 Å². The minimum atomic E-state index is -1.34.